The number of anilines is 1. The molecule has 3 aromatic rings. The molecule has 0 spiro atoms. The van der Waals surface area contributed by atoms with Crippen LogP contribution in [0.2, 0.25) is 0 Å². The summed E-state index contributed by atoms with van der Waals surface area (Å²) in [5, 5.41) is 14.9. The number of unbranched alkanes of at least 4 members (excludes halogenated alkanes) is 2. The number of nitrogens with one attached hydrogen (secondary N) is 2. The summed E-state index contributed by atoms with van der Waals surface area (Å²) in [5.74, 6) is -0.0620. The maximum Gasteiger partial charge on any atom is 0.230 e. The highest BCUT2D eigenvalue weighted by molar-refractivity contribution is 7.90. The number of aromatic nitrogens is 2. The second kappa shape index (κ2) is 17.2. The minimum Gasteiger partial charge on any atom is -0.402 e. The molecule has 0 aliphatic carbocycles. The summed E-state index contributed by atoms with van der Waals surface area (Å²) in [7, 11) is -3.17. The van der Waals surface area contributed by atoms with Crippen LogP contribution in [0, 0.1) is 0 Å². The second-order valence-electron chi connectivity index (χ2n) is 10.3. The van der Waals surface area contributed by atoms with Crippen molar-refractivity contribution in [3.63, 3.8) is 0 Å². The summed E-state index contributed by atoms with van der Waals surface area (Å²) >= 11 is 1.32. The average molecular weight is 625 g/mol. The monoisotopic (exact) mass is 624 g/mol. The summed E-state index contributed by atoms with van der Waals surface area (Å²) in [6.07, 6.45) is 8.11. The zero-order valence-electron chi connectivity index (χ0n) is 24.4. The lowest BCUT2D eigenvalue weighted by Crippen LogP contribution is -2.28. The van der Waals surface area contributed by atoms with Gasteiger partial charge in [-0.15, -0.1) is 10.2 Å². The zero-order valence-corrected chi connectivity index (χ0v) is 26.1. The Morgan fingerprint density at radius 1 is 0.884 bits per heavy atom. The van der Waals surface area contributed by atoms with Gasteiger partial charge in [0.25, 0.3) is 0 Å². The predicted molar refractivity (Wildman–Crippen MR) is 171 cm³/mol. The van der Waals surface area contributed by atoms with Crippen molar-refractivity contribution in [2.24, 2.45) is 11.5 Å². The number of amides is 2. The number of hydrogen-bond donors (Lipinski definition) is 4. The van der Waals surface area contributed by atoms with E-state index in [0.717, 1.165) is 35.4 Å². The van der Waals surface area contributed by atoms with Gasteiger partial charge in [-0.3, -0.25) is 9.59 Å². The van der Waals surface area contributed by atoms with Gasteiger partial charge in [0.15, 0.2) is 9.84 Å². The van der Waals surface area contributed by atoms with Gasteiger partial charge in [-0.25, -0.2) is 8.42 Å². The van der Waals surface area contributed by atoms with Crippen molar-refractivity contribution < 1.29 is 18.0 Å². The molecule has 0 unspecified atom stereocenters. The molecular weight excluding hydrogens is 585 g/mol. The molecule has 1 aromatic heterocycles. The molecule has 0 radical (unpaired) electrons. The van der Waals surface area contributed by atoms with Crippen LogP contribution in [-0.4, -0.2) is 36.2 Å². The first-order valence-corrected chi connectivity index (χ1v) is 16.9. The van der Waals surface area contributed by atoms with Crippen molar-refractivity contribution in [3.8, 4) is 0 Å². The van der Waals surface area contributed by atoms with Crippen molar-refractivity contribution in [2.75, 3.05) is 11.1 Å². The third-order valence-corrected chi connectivity index (χ3v) is 8.92. The molecule has 2 aromatic carbocycles. The fourth-order valence-electron chi connectivity index (χ4n) is 4.19. The number of hydrogen-bond acceptors (Lipinski definition) is 9. The van der Waals surface area contributed by atoms with Crippen LogP contribution in [0.5, 0.6) is 0 Å². The van der Waals surface area contributed by atoms with Crippen LogP contribution < -0.4 is 22.1 Å². The van der Waals surface area contributed by atoms with Gasteiger partial charge in [-0.2, -0.15) is 0 Å². The maximum absolute atomic E-state index is 12.6. The number of nitrogens with zero attached hydrogens (tertiary/aromatic N) is 2. The van der Waals surface area contributed by atoms with Gasteiger partial charge in [0.05, 0.1) is 24.3 Å². The molecule has 12 heteroatoms. The van der Waals surface area contributed by atoms with Gasteiger partial charge in [-0.1, -0.05) is 79.3 Å². The lowest BCUT2D eigenvalue weighted by atomic mass is 10.1. The third kappa shape index (κ3) is 13.2. The van der Waals surface area contributed by atoms with Crippen LogP contribution in [0.15, 0.2) is 78.3 Å². The van der Waals surface area contributed by atoms with E-state index in [0.29, 0.717) is 35.7 Å². The first kappa shape index (κ1) is 33.5. The molecule has 0 saturated heterocycles. The van der Waals surface area contributed by atoms with E-state index in [4.69, 9.17) is 11.5 Å². The summed E-state index contributed by atoms with van der Waals surface area (Å²) in [5.41, 5.74) is 14.9. The number of carbonyl (C=O) groups excluding carboxylic acids is 2. The Kier molecular flexibility index (Phi) is 13.4. The van der Waals surface area contributed by atoms with Gasteiger partial charge in [-0.05, 0) is 54.5 Å². The number of benzene rings is 2. The van der Waals surface area contributed by atoms with E-state index < -0.39 is 9.84 Å². The van der Waals surface area contributed by atoms with Gasteiger partial charge in [0.2, 0.25) is 16.9 Å². The summed E-state index contributed by atoms with van der Waals surface area (Å²) in [4.78, 5) is 24.7. The number of rotatable bonds is 17. The number of allylic oxidation sites excluding steroid dienone is 3. The van der Waals surface area contributed by atoms with Crippen LogP contribution in [0.4, 0.5) is 5.13 Å². The Morgan fingerprint density at radius 3 is 2.37 bits per heavy atom. The highest BCUT2D eigenvalue weighted by atomic mass is 32.2. The molecule has 2 amide bonds. The lowest BCUT2D eigenvalue weighted by molar-refractivity contribution is -0.119. The van der Waals surface area contributed by atoms with Gasteiger partial charge in [0, 0.05) is 12.1 Å². The van der Waals surface area contributed by atoms with E-state index in [1.807, 2.05) is 37.3 Å². The van der Waals surface area contributed by atoms with Crippen molar-refractivity contribution in [1.82, 2.24) is 15.5 Å². The Labute approximate surface area is 257 Å². The summed E-state index contributed by atoms with van der Waals surface area (Å²) in [6.45, 7) is 1.96. The van der Waals surface area contributed by atoms with Crippen LogP contribution in [0.25, 0.3) is 0 Å². The van der Waals surface area contributed by atoms with E-state index in [9.17, 15) is 18.0 Å². The molecule has 1 heterocycles. The quantitative estimate of drug-likeness (QED) is 0.128. The first-order chi connectivity index (χ1) is 20.6. The normalized spacial score (nSPS) is 12.2. The number of nitrogens with two attached hydrogens (primary N) is 2. The van der Waals surface area contributed by atoms with Crippen LogP contribution in [0.3, 0.4) is 0 Å². The lowest BCUT2D eigenvalue weighted by Gasteiger charge is -2.07. The Bertz CT molecular complexity index is 1520. The van der Waals surface area contributed by atoms with Crippen molar-refractivity contribution in [1.29, 1.82) is 0 Å². The van der Waals surface area contributed by atoms with Crippen LogP contribution >= 0.6 is 11.3 Å². The second-order valence-corrected chi connectivity index (χ2v) is 13.5. The molecule has 6 N–H and O–H groups in total. The largest absolute Gasteiger partial charge is 0.402 e. The predicted octanol–water partition coefficient (Wildman–Crippen LogP) is 4.15. The maximum atomic E-state index is 12.6. The Morgan fingerprint density at radius 2 is 1.60 bits per heavy atom. The number of sulfone groups is 1. The molecule has 0 aliphatic rings. The molecule has 230 valence electrons. The number of carbonyl (C=O) groups is 2. The van der Waals surface area contributed by atoms with E-state index >= 15 is 0 Å². The molecule has 0 bridgehead atoms. The molecule has 43 heavy (non-hydrogen) atoms. The first-order valence-electron chi connectivity index (χ1n) is 14.3. The minimum absolute atomic E-state index is 0.0260. The topological polar surface area (TPSA) is 170 Å². The SMILES string of the molecule is CCCCS(=O)(=O)Cc1cccc(CC(=O)Nc2nnc(CCCC/C(N)=C/C=C(\N)NC(=O)Cc3ccccc3)s2)c1. The van der Waals surface area contributed by atoms with E-state index in [1.54, 1.807) is 36.4 Å². The molecule has 0 aliphatic heterocycles. The molecule has 0 atom stereocenters. The Balaban J connectivity index is 1.37. The fraction of sp³-hybridized carbons (Fsp3) is 0.355. The van der Waals surface area contributed by atoms with Crippen molar-refractivity contribution in [2.45, 2.75) is 64.0 Å². The average Bonchev–Trinajstić information content (AvgIpc) is 3.40. The molecule has 0 saturated carbocycles. The van der Waals surface area contributed by atoms with Crippen LogP contribution in [-0.2, 0) is 44.4 Å². The number of aryl methyl sites for hydroxylation is 1. The summed E-state index contributed by atoms with van der Waals surface area (Å²) < 4.78 is 24.6. The minimum atomic E-state index is -3.17. The van der Waals surface area contributed by atoms with E-state index in [-0.39, 0.29) is 42.0 Å². The molecule has 3 rings (SSSR count). The van der Waals surface area contributed by atoms with Crippen molar-refractivity contribution >= 4 is 38.1 Å². The summed E-state index contributed by atoms with van der Waals surface area (Å²) in [6, 6.07) is 16.5. The molecule has 0 fully saturated rings. The highest BCUT2D eigenvalue weighted by Gasteiger charge is 2.13. The fourth-order valence-corrected chi connectivity index (χ4v) is 6.55. The standard InChI is InChI=1S/C31H40N6O4S2/c1-2-3-18-43(40,41)22-25-13-9-12-24(19-25)21-29(39)35-31-37-36-30(42-31)15-8-7-14-26(32)16-17-27(33)34-28(38)20-23-10-5-4-6-11-23/h4-6,9-13,16-17,19H,2-3,7-8,14-15,18,20-22,32-33H2,1H3,(H,34,38)(H,35,37,39)/b26-16-,27-17+. The third-order valence-electron chi connectivity index (χ3n) is 6.34. The van der Waals surface area contributed by atoms with Crippen molar-refractivity contribution in [3.05, 3.63) is 100.0 Å². The Hall–Kier alpha value is -4.03. The smallest absolute Gasteiger partial charge is 0.230 e. The van der Waals surface area contributed by atoms with Gasteiger partial charge in [0.1, 0.15) is 10.8 Å². The van der Waals surface area contributed by atoms with Gasteiger partial charge >= 0.3 is 0 Å². The molecule has 10 nitrogen and oxygen atoms in total. The molecular formula is C31H40N6O4S2. The highest BCUT2D eigenvalue weighted by Crippen LogP contribution is 2.19. The van der Waals surface area contributed by atoms with E-state index in [1.165, 1.54) is 11.3 Å². The zero-order chi connectivity index (χ0) is 31.1. The van der Waals surface area contributed by atoms with E-state index in [2.05, 4.69) is 20.8 Å². The van der Waals surface area contributed by atoms with Gasteiger partial charge < -0.3 is 22.1 Å². The van der Waals surface area contributed by atoms with Crippen LogP contribution in [0.1, 0.15) is 60.7 Å².